The van der Waals surface area contributed by atoms with Crippen LogP contribution in [0.1, 0.15) is 11.7 Å². The normalized spacial score (nSPS) is 12.0. The molecule has 0 saturated heterocycles. The molecule has 100 valence electrons. The van der Waals surface area contributed by atoms with Gasteiger partial charge in [-0.15, -0.1) is 0 Å². The van der Waals surface area contributed by atoms with Gasteiger partial charge in [-0.3, -0.25) is 4.98 Å². The van der Waals surface area contributed by atoms with E-state index in [1.807, 2.05) is 0 Å². The number of aliphatic carboxylic acids is 2. The van der Waals surface area contributed by atoms with Crippen LogP contribution in [0.4, 0.5) is 13.2 Å². The fourth-order valence-corrected chi connectivity index (χ4v) is 0.728. The molecule has 1 unspecified atom stereocenters. The number of hydrogen-bond acceptors (Lipinski definition) is 4. The summed E-state index contributed by atoms with van der Waals surface area (Å²) in [5.74, 6) is -3.65. The van der Waals surface area contributed by atoms with Gasteiger partial charge in [0.05, 0.1) is 5.69 Å². The van der Waals surface area contributed by atoms with E-state index in [1.165, 1.54) is 24.4 Å². The van der Waals surface area contributed by atoms with E-state index in [9.17, 15) is 13.2 Å². The third-order valence-corrected chi connectivity index (χ3v) is 1.54. The predicted molar refractivity (Wildman–Crippen MR) is 52.5 cm³/mol. The summed E-state index contributed by atoms with van der Waals surface area (Å²) in [5, 5.41) is 14.8. The van der Waals surface area contributed by atoms with Crippen molar-refractivity contribution in [3.8, 4) is 0 Å². The lowest BCUT2D eigenvalue weighted by Gasteiger charge is -2.13. The lowest BCUT2D eigenvalue weighted by molar-refractivity contribution is -0.159. The van der Waals surface area contributed by atoms with Gasteiger partial charge in [0.15, 0.2) is 0 Å². The van der Waals surface area contributed by atoms with Crippen molar-refractivity contribution in [1.29, 1.82) is 0 Å². The van der Waals surface area contributed by atoms with Crippen LogP contribution in [0.15, 0.2) is 24.4 Å². The Labute approximate surface area is 98.9 Å². The van der Waals surface area contributed by atoms with Crippen LogP contribution < -0.4 is 5.73 Å². The topological polar surface area (TPSA) is 114 Å². The van der Waals surface area contributed by atoms with Gasteiger partial charge in [-0.1, -0.05) is 6.07 Å². The summed E-state index contributed by atoms with van der Waals surface area (Å²) in [6.45, 7) is 0. The molecule has 0 saturated carbocycles. The number of alkyl halides is 3. The van der Waals surface area contributed by atoms with Crippen LogP contribution in [-0.4, -0.2) is 33.3 Å². The van der Waals surface area contributed by atoms with Crippen LogP contribution in [0.25, 0.3) is 0 Å². The van der Waals surface area contributed by atoms with Gasteiger partial charge < -0.3 is 15.9 Å². The minimum absolute atomic E-state index is 0.162. The summed E-state index contributed by atoms with van der Waals surface area (Å²) in [4.78, 5) is 21.7. The van der Waals surface area contributed by atoms with E-state index in [0.717, 1.165) is 0 Å². The fraction of sp³-hybridized carbons (Fsp3) is 0.222. The molecule has 1 aromatic rings. The molecule has 0 spiro atoms. The Morgan fingerprint density at radius 2 is 1.72 bits per heavy atom. The Balaban J connectivity index is 0.000000411. The van der Waals surface area contributed by atoms with Gasteiger partial charge in [-0.05, 0) is 12.1 Å². The fourth-order valence-electron chi connectivity index (χ4n) is 0.728. The number of nitrogens with zero attached hydrogens (tertiary/aromatic N) is 1. The maximum Gasteiger partial charge on any atom is 0.414 e. The van der Waals surface area contributed by atoms with Crippen molar-refractivity contribution in [2.45, 2.75) is 12.2 Å². The molecule has 9 heteroatoms. The van der Waals surface area contributed by atoms with Crippen LogP contribution in [0.2, 0.25) is 0 Å². The number of hydrogen-bond donors (Lipinski definition) is 3. The quantitative estimate of drug-likeness (QED) is 0.648. The molecule has 1 heterocycles. The second-order valence-electron chi connectivity index (χ2n) is 2.88. The van der Waals surface area contributed by atoms with Crippen molar-refractivity contribution in [3.63, 3.8) is 0 Å². The smallest absolute Gasteiger partial charge is 0.414 e. The van der Waals surface area contributed by atoms with Gasteiger partial charge in [0.25, 0.3) is 0 Å². The van der Waals surface area contributed by atoms with Crippen molar-refractivity contribution in [3.05, 3.63) is 30.1 Å². The van der Waals surface area contributed by atoms with Crippen LogP contribution in [0.5, 0.6) is 0 Å². The van der Waals surface area contributed by atoms with Crippen molar-refractivity contribution in [2.24, 2.45) is 5.73 Å². The molecule has 4 N–H and O–H groups in total. The standard InChI is InChI=1S/C7H7F3N2.C2H2O4/c8-7(9,10)6(11)5-3-1-2-4-12-5;3-1(4)2(5)6/h1-4,6H,11H2;(H,3,4)(H,5,6). The first-order valence-corrected chi connectivity index (χ1v) is 4.35. The number of halogens is 3. The summed E-state index contributed by atoms with van der Waals surface area (Å²) < 4.78 is 35.9. The molecule has 1 rings (SSSR count). The highest BCUT2D eigenvalue weighted by Gasteiger charge is 2.38. The van der Waals surface area contributed by atoms with E-state index < -0.39 is 24.2 Å². The van der Waals surface area contributed by atoms with Gasteiger partial charge in [0.2, 0.25) is 0 Å². The van der Waals surface area contributed by atoms with E-state index in [4.69, 9.17) is 25.5 Å². The monoisotopic (exact) mass is 266 g/mol. The molecule has 0 fully saturated rings. The number of nitrogens with two attached hydrogens (primary N) is 1. The molecule has 0 aromatic carbocycles. The van der Waals surface area contributed by atoms with E-state index in [0.29, 0.717) is 0 Å². The molecule has 6 nitrogen and oxygen atoms in total. The number of aromatic nitrogens is 1. The highest BCUT2D eigenvalue weighted by Crippen LogP contribution is 2.28. The second kappa shape index (κ2) is 6.55. The maximum atomic E-state index is 12.0. The Bertz CT molecular complexity index is 396. The summed E-state index contributed by atoms with van der Waals surface area (Å²) >= 11 is 0. The molecule has 0 bridgehead atoms. The lowest BCUT2D eigenvalue weighted by Crippen LogP contribution is -2.29. The molecule has 0 aliphatic rings. The molecule has 0 amide bonds. The molecular formula is C9H9F3N2O4. The SMILES string of the molecule is NC(c1ccccn1)C(F)(F)F.O=C(O)C(=O)O. The highest BCUT2D eigenvalue weighted by atomic mass is 19.4. The van der Waals surface area contributed by atoms with Crippen LogP contribution in [-0.2, 0) is 9.59 Å². The summed E-state index contributed by atoms with van der Waals surface area (Å²) in [6.07, 6.45) is -3.14. The zero-order valence-corrected chi connectivity index (χ0v) is 8.76. The number of rotatable bonds is 1. The predicted octanol–water partition coefficient (Wildman–Crippen LogP) is 0.799. The molecule has 18 heavy (non-hydrogen) atoms. The van der Waals surface area contributed by atoms with Gasteiger partial charge in [-0.2, -0.15) is 13.2 Å². The zero-order valence-electron chi connectivity index (χ0n) is 8.76. The lowest BCUT2D eigenvalue weighted by atomic mass is 10.2. The van der Waals surface area contributed by atoms with Gasteiger partial charge >= 0.3 is 18.1 Å². The number of pyridine rings is 1. The van der Waals surface area contributed by atoms with Crippen molar-refractivity contribution >= 4 is 11.9 Å². The van der Waals surface area contributed by atoms with Gasteiger partial charge in [0, 0.05) is 6.20 Å². The molecule has 0 radical (unpaired) electrons. The Kier molecular flexibility index (Phi) is 5.76. The molecular weight excluding hydrogens is 257 g/mol. The second-order valence-corrected chi connectivity index (χ2v) is 2.88. The average molecular weight is 266 g/mol. The van der Waals surface area contributed by atoms with Gasteiger partial charge in [0.1, 0.15) is 6.04 Å². The van der Waals surface area contributed by atoms with E-state index >= 15 is 0 Å². The molecule has 0 aliphatic carbocycles. The zero-order chi connectivity index (χ0) is 14.3. The van der Waals surface area contributed by atoms with Crippen molar-refractivity contribution in [2.75, 3.05) is 0 Å². The minimum atomic E-state index is -4.42. The van der Waals surface area contributed by atoms with Gasteiger partial charge in [-0.25, -0.2) is 9.59 Å². The number of carboxylic acid groups (broad SMARTS) is 2. The highest BCUT2D eigenvalue weighted by molar-refractivity contribution is 6.27. The Hall–Kier alpha value is -2.16. The average Bonchev–Trinajstić information content (AvgIpc) is 2.28. The van der Waals surface area contributed by atoms with E-state index in [1.54, 1.807) is 0 Å². The Morgan fingerprint density at radius 1 is 1.22 bits per heavy atom. The van der Waals surface area contributed by atoms with Crippen molar-refractivity contribution < 1.29 is 33.0 Å². The molecule has 1 aromatic heterocycles. The third kappa shape index (κ3) is 5.80. The summed E-state index contributed by atoms with van der Waals surface area (Å²) in [5.41, 5.74) is 4.72. The van der Waals surface area contributed by atoms with E-state index in [2.05, 4.69) is 4.98 Å². The number of carboxylic acids is 2. The third-order valence-electron chi connectivity index (χ3n) is 1.54. The minimum Gasteiger partial charge on any atom is -0.473 e. The first-order valence-electron chi connectivity index (χ1n) is 4.35. The Morgan fingerprint density at radius 3 is 2.00 bits per heavy atom. The van der Waals surface area contributed by atoms with Crippen LogP contribution in [0.3, 0.4) is 0 Å². The number of carbonyl (C=O) groups is 2. The van der Waals surface area contributed by atoms with Crippen molar-refractivity contribution in [1.82, 2.24) is 4.98 Å². The summed E-state index contributed by atoms with van der Waals surface area (Å²) in [6, 6.07) is 2.26. The first kappa shape index (κ1) is 15.8. The molecule has 0 aliphatic heterocycles. The van der Waals surface area contributed by atoms with E-state index in [-0.39, 0.29) is 5.69 Å². The first-order chi connectivity index (χ1) is 8.16. The van der Waals surface area contributed by atoms with Crippen LogP contribution in [0, 0.1) is 0 Å². The molecule has 1 atom stereocenters. The summed E-state index contributed by atoms with van der Waals surface area (Å²) in [7, 11) is 0. The van der Waals surface area contributed by atoms with Crippen LogP contribution >= 0.6 is 0 Å². The maximum absolute atomic E-state index is 12.0. The largest absolute Gasteiger partial charge is 0.473 e.